The van der Waals surface area contributed by atoms with E-state index in [1.807, 2.05) is 0 Å². The molecular formula is C11H15NO3. The van der Waals surface area contributed by atoms with E-state index in [-0.39, 0.29) is 22.8 Å². The van der Waals surface area contributed by atoms with Crippen molar-refractivity contribution in [3.05, 3.63) is 17.7 Å². The molecule has 0 unspecified atom stereocenters. The quantitative estimate of drug-likeness (QED) is 0.652. The summed E-state index contributed by atoms with van der Waals surface area (Å²) in [6, 6.07) is 3.24. The van der Waals surface area contributed by atoms with Gasteiger partial charge in [0.15, 0.2) is 11.5 Å². The lowest BCUT2D eigenvalue weighted by molar-refractivity contribution is 0.350. The summed E-state index contributed by atoms with van der Waals surface area (Å²) in [5.74, 6) is -0.0917. The number of nitrogens with two attached hydrogens (primary N) is 1. The third kappa shape index (κ3) is 1.99. The van der Waals surface area contributed by atoms with E-state index in [4.69, 9.17) is 10.5 Å². The molecule has 0 amide bonds. The number of aromatic hydroxyl groups is 2. The van der Waals surface area contributed by atoms with Gasteiger partial charge in [-0.15, -0.1) is 0 Å². The zero-order valence-electron chi connectivity index (χ0n) is 8.66. The molecule has 1 aliphatic carbocycles. The lowest BCUT2D eigenvalue weighted by atomic mass is 10.0. The molecule has 1 fully saturated rings. The van der Waals surface area contributed by atoms with Gasteiger partial charge in [-0.2, -0.15) is 0 Å². The van der Waals surface area contributed by atoms with E-state index in [2.05, 4.69) is 0 Å². The van der Waals surface area contributed by atoms with Crippen LogP contribution in [0.2, 0.25) is 0 Å². The molecule has 1 aromatic rings. The maximum atomic E-state index is 9.46. The number of ether oxygens (including phenoxy) is 1. The van der Waals surface area contributed by atoms with Crippen LogP contribution in [0.1, 0.15) is 18.4 Å². The van der Waals surface area contributed by atoms with Gasteiger partial charge in [0.05, 0.1) is 7.11 Å². The summed E-state index contributed by atoms with van der Waals surface area (Å²) in [6.45, 7) is 0. The minimum atomic E-state index is -0.219. The van der Waals surface area contributed by atoms with E-state index >= 15 is 0 Å². The molecule has 0 heterocycles. The first-order valence-corrected chi connectivity index (χ1v) is 4.92. The highest BCUT2D eigenvalue weighted by Gasteiger charge is 2.38. The molecule has 0 bridgehead atoms. The van der Waals surface area contributed by atoms with Gasteiger partial charge in [-0.1, -0.05) is 0 Å². The summed E-state index contributed by atoms with van der Waals surface area (Å²) in [7, 11) is 1.45. The number of hydrogen-bond donors (Lipinski definition) is 3. The van der Waals surface area contributed by atoms with Crippen LogP contribution in [0.3, 0.4) is 0 Å². The molecule has 0 aliphatic heterocycles. The van der Waals surface area contributed by atoms with Gasteiger partial charge >= 0.3 is 0 Å². The number of methoxy groups -OCH3 is 1. The van der Waals surface area contributed by atoms with Crippen molar-refractivity contribution in [3.63, 3.8) is 0 Å². The number of hydrogen-bond acceptors (Lipinski definition) is 4. The van der Waals surface area contributed by atoms with Gasteiger partial charge in [0.25, 0.3) is 0 Å². The molecule has 1 saturated carbocycles. The molecule has 4 N–H and O–H groups in total. The maximum Gasteiger partial charge on any atom is 0.200 e. The predicted octanol–water partition coefficient (Wildman–Crippen LogP) is 1.14. The lowest BCUT2D eigenvalue weighted by Gasteiger charge is -2.11. The highest BCUT2D eigenvalue weighted by atomic mass is 16.5. The fourth-order valence-electron chi connectivity index (χ4n) is 1.65. The summed E-state index contributed by atoms with van der Waals surface area (Å²) >= 11 is 0. The zero-order chi connectivity index (χ0) is 11.1. The monoisotopic (exact) mass is 209 g/mol. The number of rotatable bonds is 3. The first kappa shape index (κ1) is 10.1. The summed E-state index contributed by atoms with van der Waals surface area (Å²) in [5.41, 5.74) is 6.75. The Morgan fingerprint density at radius 3 is 2.60 bits per heavy atom. The molecule has 0 aromatic heterocycles. The second-order valence-corrected chi connectivity index (χ2v) is 4.20. The molecule has 1 aliphatic rings. The summed E-state index contributed by atoms with van der Waals surface area (Å²) in [6.07, 6.45) is 2.73. The highest BCUT2D eigenvalue weighted by Crippen LogP contribution is 2.40. The van der Waals surface area contributed by atoms with E-state index in [0.717, 1.165) is 18.4 Å². The molecule has 15 heavy (non-hydrogen) atoms. The van der Waals surface area contributed by atoms with Crippen LogP contribution in [-0.4, -0.2) is 22.9 Å². The van der Waals surface area contributed by atoms with Crippen LogP contribution in [0, 0.1) is 0 Å². The first-order chi connectivity index (χ1) is 7.04. The summed E-state index contributed by atoms with van der Waals surface area (Å²) in [4.78, 5) is 0. The zero-order valence-corrected chi connectivity index (χ0v) is 8.66. The molecule has 4 heteroatoms. The topological polar surface area (TPSA) is 75.7 Å². The van der Waals surface area contributed by atoms with Gasteiger partial charge in [0.1, 0.15) is 0 Å². The third-order valence-corrected chi connectivity index (χ3v) is 2.78. The molecule has 1 aromatic carbocycles. The standard InChI is InChI=1S/C11H15NO3/c1-15-9-5-7(4-8(13)10(9)14)6-11(12)2-3-11/h4-5,13-14H,2-3,6,12H2,1H3. The van der Waals surface area contributed by atoms with Crippen molar-refractivity contribution in [1.29, 1.82) is 0 Å². The molecule has 0 atom stereocenters. The Bertz CT molecular complexity index is 386. The largest absolute Gasteiger partial charge is 0.504 e. The Morgan fingerprint density at radius 1 is 1.40 bits per heavy atom. The number of phenolic OH excluding ortho intramolecular Hbond substituents is 2. The van der Waals surface area contributed by atoms with Crippen molar-refractivity contribution in [2.45, 2.75) is 24.8 Å². The van der Waals surface area contributed by atoms with Gasteiger partial charge < -0.3 is 20.7 Å². The Labute approximate surface area is 88.3 Å². The minimum Gasteiger partial charge on any atom is -0.504 e. The Kier molecular flexibility index (Phi) is 2.23. The highest BCUT2D eigenvalue weighted by molar-refractivity contribution is 5.52. The van der Waals surface area contributed by atoms with Gasteiger partial charge in [-0.3, -0.25) is 0 Å². The molecule has 0 spiro atoms. The smallest absolute Gasteiger partial charge is 0.200 e. The van der Waals surface area contributed by atoms with E-state index < -0.39 is 0 Å². The fraction of sp³-hybridized carbons (Fsp3) is 0.455. The van der Waals surface area contributed by atoms with E-state index in [1.165, 1.54) is 13.2 Å². The van der Waals surface area contributed by atoms with Gasteiger partial charge in [0, 0.05) is 5.54 Å². The second kappa shape index (κ2) is 3.31. The normalized spacial score (nSPS) is 17.5. The van der Waals surface area contributed by atoms with Gasteiger partial charge in [-0.25, -0.2) is 0 Å². The second-order valence-electron chi connectivity index (χ2n) is 4.20. The van der Waals surface area contributed by atoms with Crippen LogP contribution in [0.5, 0.6) is 17.2 Å². The Balaban J connectivity index is 2.28. The van der Waals surface area contributed by atoms with Crippen molar-refractivity contribution >= 4 is 0 Å². The van der Waals surface area contributed by atoms with Crippen LogP contribution in [0.4, 0.5) is 0 Å². The SMILES string of the molecule is COc1cc(CC2(N)CC2)cc(O)c1O. The Morgan fingerprint density at radius 2 is 2.07 bits per heavy atom. The van der Waals surface area contributed by atoms with Gasteiger partial charge in [0.2, 0.25) is 5.75 Å². The molecular weight excluding hydrogens is 194 g/mol. The maximum absolute atomic E-state index is 9.46. The van der Waals surface area contributed by atoms with Crippen molar-refractivity contribution in [1.82, 2.24) is 0 Å². The number of benzene rings is 1. The first-order valence-electron chi connectivity index (χ1n) is 4.92. The van der Waals surface area contributed by atoms with Crippen molar-refractivity contribution < 1.29 is 14.9 Å². The minimum absolute atomic E-state index is 0.117. The molecule has 82 valence electrons. The lowest BCUT2D eigenvalue weighted by Crippen LogP contribution is -2.24. The van der Waals surface area contributed by atoms with Crippen LogP contribution < -0.4 is 10.5 Å². The van der Waals surface area contributed by atoms with Crippen LogP contribution in [0.25, 0.3) is 0 Å². The van der Waals surface area contributed by atoms with E-state index in [1.54, 1.807) is 6.07 Å². The van der Waals surface area contributed by atoms with Crippen LogP contribution in [-0.2, 0) is 6.42 Å². The summed E-state index contributed by atoms with van der Waals surface area (Å²) in [5, 5.41) is 18.9. The molecule has 0 saturated heterocycles. The predicted molar refractivity (Wildman–Crippen MR) is 56.2 cm³/mol. The third-order valence-electron chi connectivity index (χ3n) is 2.78. The summed E-state index contributed by atoms with van der Waals surface area (Å²) < 4.78 is 4.95. The molecule has 2 rings (SSSR count). The van der Waals surface area contributed by atoms with Crippen molar-refractivity contribution in [3.8, 4) is 17.2 Å². The average Bonchev–Trinajstić information content (AvgIpc) is 2.89. The van der Waals surface area contributed by atoms with E-state index in [9.17, 15) is 10.2 Å². The van der Waals surface area contributed by atoms with Crippen LogP contribution in [0.15, 0.2) is 12.1 Å². The fourth-order valence-corrected chi connectivity index (χ4v) is 1.65. The molecule has 4 nitrogen and oxygen atoms in total. The molecule has 0 radical (unpaired) electrons. The number of phenols is 2. The van der Waals surface area contributed by atoms with Gasteiger partial charge in [-0.05, 0) is 37.0 Å². The Hall–Kier alpha value is -1.42. The van der Waals surface area contributed by atoms with Crippen molar-refractivity contribution in [2.24, 2.45) is 5.73 Å². The van der Waals surface area contributed by atoms with Crippen LogP contribution >= 0.6 is 0 Å². The van der Waals surface area contributed by atoms with Crippen molar-refractivity contribution in [2.75, 3.05) is 7.11 Å². The van der Waals surface area contributed by atoms with E-state index in [0.29, 0.717) is 6.42 Å². The average molecular weight is 209 g/mol.